The van der Waals surface area contributed by atoms with Crippen molar-refractivity contribution in [3.8, 4) is 5.75 Å². The van der Waals surface area contributed by atoms with E-state index in [1.807, 2.05) is 6.07 Å². The van der Waals surface area contributed by atoms with E-state index >= 15 is 0 Å². The van der Waals surface area contributed by atoms with Gasteiger partial charge in [-0.3, -0.25) is 0 Å². The second-order valence-corrected chi connectivity index (χ2v) is 6.17. The van der Waals surface area contributed by atoms with Gasteiger partial charge in [0.1, 0.15) is 11.9 Å². The van der Waals surface area contributed by atoms with Crippen LogP contribution in [0.1, 0.15) is 39.2 Å². The fourth-order valence-electron chi connectivity index (χ4n) is 1.97. The molecule has 16 heavy (non-hydrogen) atoms. The molecule has 2 heteroatoms. The average molecular weight is 239 g/mol. The van der Waals surface area contributed by atoms with Gasteiger partial charge in [0.2, 0.25) is 0 Å². The summed E-state index contributed by atoms with van der Waals surface area (Å²) in [5.74, 6) is 1.02. The van der Waals surface area contributed by atoms with Crippen LogP contribution >= 0.6 is 11.6 Å². The number of alkyl halides is 1. The summed E-state index contributed by atoms with van der Waals surface area (Å²) >= 11 is 5.96. The smallest absolute Gasteiger partial charge is 0.123 e. The average Bonchev–Trinajstić information content (AvgIpc) is 2.14. The largest absolute Gasteiger partial charge is 0.490 e. The first-order valence-electron chi connectivity index (χ1n) is 5.87. The van der Waals surface area contributed by atoms with E-state index in [9.17, 15) is 0 Å². The van der Waals surface area contributed by atoms with E-state index in [1.165, 1.54) is 5.56 Å². The minimum atomic E-state index is 0.126. The zero-order valence-electron chi connectivity index (χ0n) is 10.2. The highest BCUT2D eigenvalue weighted by Crippen LogP contribution is 2.35. The molecular weight excluding hydrogens is 220 g/mol. The van der Waals surface area contributed by atoms with Crippen molar-refractivity contribution < 1.29 is 4.74 Å². The summed E-state index contributed by atoms with van der Waals surface area (Å²) in [7, 11) is 0. The highest BCUT2D eigenvalue weighted by molar-refractivity contribution is 6.21. The van der Waals surface area contributed by atoms with E-state index in [-0.39, 0.29) is 5.41 Å². The molecule has 1 nitrogen and oxygen atoms in total. The van der Waals surface area contributed by atoms with Crippen molar-refractivity contribution in [2.24, 2.45) is 0 Å². The number of para-hydroxylation sites is 1. The van der Waals surface area contributed by atoms with Gasteiger partial charge in [-0.05, 0) is 17.0 Å². The lowest BCUT2D eigenvalue weighted by Gasteiger charge is -2.33. The zero-order valence-corrected chi connectivity index (χ0v) is 10.9. The fraction of sp³-hybridized carbons (Fsp3) is 0.571. The summed E-state index contributed by atoms with van der Waals surface area (Å²) in [6.07, 6.45) is 2.26. The van der Waals surface area contributed by atoms with Gasteiger partial charge in [-0.15, -0.1) is 11.6 Å². The Hall–Kier alpha value is -0.690. The summed E-state index contributed by atoms with van der Waals surface area (Å²) in [6, 6.07) is 8.30. The number of rotatable bonds is 2. The third-order valence-corrected chi connectivity index (χ3v) is 3.38. The van der Waals surface area contributed by atoms with Crippen molar-refractivity contribution in [3.05, 3.63) is 29.8 Å². The monoisotopic (exact) mass is 238 g/mol. The van der Waals surface area contributed by atoms with Crippen molar-refractivity contribution in [2.45, 2.75) is 50.5 Å². The van der Waals surface area contributed by atoms with Crippen LogP contribution in [0.5, 0.6) is 5.75 Å². The van der Waals surface area contributed by atoms with Crippen molar-refractivity contribution >= 4 is 11.6 Å². The van der Waals surface area contributed by atoms with E-state index in [1.54, 1.807) is 0 Å². The van der Waals surface area contributed by atoms with Crippen LogP contribution in [0.2, 0.25) is 0 Å². The standard InChI is InChI=1S/C14H19ClO/c1-14(2,3)12-6-4-5-7-13(12)16-11-8-10(15)9-11/h4-7,10-11H,8-9H2,1-3H3. The summed E-state index contributed by atoms with van der Waals surface area (Å²) in [5, 5.41) is 0.312. The van der Waals surface area contributed by atoms with E-state index in [0.29, 0.717) is 11.5 Å². The molecule has 0 atom stereocenters. The second kappa shape index (κ2) is 4.29. The highest BCUT2D eigenvalue weighted by Gasteiger charge is 2.30. The number of ether oxygens (including phenoxy) is 1. The van der Waals surface area contributed by atoms with E-state index in [0.717, 1.165) is 18.6 Å². The minimum Gasteiger partial charge on any atom is -0.490 e. The Morgan fingerprint density at radius 3 is 2.38 bits per heavy atom. The molecule has 0 N–H and O–H groups in total. The maximum Gasteiger partial charge on any atom is 0.123 e. The van der Waals surface area contributed by atoms with Gasteiger partial charge in [0.05, 0.1) is 0 Å². The normalized spacial score (nSPS) is 25.0. The molecule has 0 amide bonds. The third kappa shape index (κ3) is 2.52. The molecule has 0 radical (unpaired) electrons. The van der Waals surface area contributed by atoms with Crippen LogP contribution in [0.25, 0.3) is 0 Å². The van der Waals surface area contributed by atoms with Gasteiger partial charge in [0.15, 0.2) is 0 Å². The quantitative estimate of drug-likeness (QED) is 0.704. The molecule has 1 aromatic rings. The molecule has 0 aliphatic heterocycles. The lowest BCUT2D eigenvalue weighted by Crippen LogP contribution is -2.34. The molecule has 0 spiro atoms. The van der Waals surface area contributed by atoms with Crippen LogP contribution in [0.15, 0.2) is 24.3 Å². The fourth-order valence-corrected chi connectivity index (χ4v) is 2.36. The van der Waals surface area contributed by atoms with Gasteiger partial charge in [-0.25, -0.2) is 0 Å². The molecule has 1 fully saturated rings. The second-order valence-electron chi connectivity index (χ2n) is 5.55. The molecule has 0 unspecified atom stereocenters. The van der Waals surface area contributed by atoms with E-state index < -0.39 is 0 Å². The maximum atomic E-state index is 5.99. The summed E-state index contributed by atoms with van der Waals surface area (Å²) < 4.78 is 5.99. The molecule has 0 saturated heterocycles. The van der Waals surface area contributed by atoms with Crippen LogP contribution in [0.3, 0.4) is 0 Å². The van der Waals surface area contributed by atoms with Gasteiger partial charge in [-0.1, -0.05) is 39.0 Å². The maximum absolute atomic E-state index is 5.99. The predicted molar refractivity (Wildman–Crippen MR) is 68.4 cm³/mol. The van der Waals surface area contributed by atoms with Crippen LogP contribution in [-0.2, 0) is 5.41 Å². The molecule has 2 rings (SSSR count). The Morgan fingerprint density at radius 2 is 1.81 bits per heavy atom. The molecular formula is C14H19ClO. The molecule has 0 aromatic heterocycles. The summed E-state index contributed by atoms with van der Waals surface area (Å²) in [5.41, 5.74) is 1.40. The number of hydrogen-bond donors (Lipinski definition) is 0. The zero-order chi connectivity index (χ0) is 11.8. The van der Waals surface area contributed by atoms with Gasteiger partial charge in [0.25, 0.3) is 0 Å². The van der Waals surface area contributed by atoms with Gasteiger partial charge in [0, 0.05) is 18.2 Å². The van der Waals surface area contributed by atoms with Gasteiger partial charge < -0.3 is 4.74 Å². The first-order chi connectivity index (χ1) is 7.47. The van der Waals surface area contributed by atoms with Crippen molar-refractivity contribution in [2.75, 3.05) is 0 Å². The molecule has 0 bridgehead atoms. The Kier molecular flexibility index (Phi) is 3.16. The molecule has 0 heterocycles. The van der Waals surface area contributed by atoms with Gasteiger partial charge in [-0.2, -0.15) is 0 Å². The molecule has 88 valence electrons. The lowest BCUT2D eigenvalue weighted by molar-refractivity contribution is 0.121. The summed E-state index contributed by atoms with van der Waals surface area (Å²) in [6.45, 7) is 6.63. The van der Waals surface area contributed by atoms with E-state index in [4.69, 9.17) is 16.3 Å². The third-order valence-electron chi connectivity index (χ3n) is 3.03. The molecule has 1 saturated carbocycles. The molecule has 1 aromatic carbocycles. The van der Waals surface area contributed by atoms with Crippen LogP contribution in [0.4, 0.5) is 0 Å². The first kappa shape index (κ1) is 11.8. The Labute approximate surface area is 103 Å². The Morgan fingerprint density at radius 1 is 1.19 bits per heavy atom. The van der Waals surface area contributed by atoms with Crippen molar-refractivity contribution in [1.82, 2.24) is 0 Å². The minimum absolute atomic E-state index is 0.126. The van der Waals surface area contributed by atoms with Crippen LogP contribution in [-0.4, -0.2) is 11.5 Å². The van der Waals surface area contributed by atoms with Gasteiger partial charge >= 0.3 is 0 Å². The Balaban J connectivity index is 2.14. The summed E-state index contributed by atoms with van der Waals surface area (Å²) in [4.78, 5) is 0. The van der Waals surface area contributed by atoms with Crippen molar-refractivity contribution in [3.63, 3.8) is 0 Å². The van der Waals surface area contributed by atoms with Crippen LogP contribution in [0, 0.1) is 0 Å². The van der Waals surface area contributed by atoms with Crippen molar-refractivity contribution in [1.29, 1.82) is 0 Å². The number of halogens is 1. The molecule has 1 aliphatic rings. The lowest BCUT2D eigenvalue weighted by atomic mass is 9.86. The number of benzene rings is 1. The highest BCUT2D eigenvalue weighted by atomic mass is 35.5. The predicted octanol–water partition coefficient (Wildman–Crippen LogP) is 4.13. The first-order valence-corrected chi connectivity index (χ1v) is 6.30. The molecule has 1 aliphatic carbocycles. The SMILES string of the molecule is CC(C)(C)c1ccccc1OC1CC(Cl)C1. The number of hydrogen-bond acceptors (Lipinski definition) is 1. The Bertz CT molecular complexity index is 361. The van der Waals surface area contributed by atoms with Crippen LogP contribution < -0.4 is 4.74 Å². The topological polar surface area (TPSA) is 9.23 Å². The van der Waals surface area contributed by atoms with E-state index in [2.05, 4.69) is 39.0 Å².